The molecule has 36 heavy (non-hydrogen) atoms. The molecule has 0 saturated heterocycles. The van der Waals surface area contributed by atoms with E-state index in [1.165, 1.54) is 17.7 Å². The summed E-state index contributed by atoms with van der Waals surface area (Å²) in [5, 5.41) is 12.8. The molecular formula is C23H20ClF3N4O5. The Morgan fingerprint density at radius 1 is 0.972 bits per heavy atom. The molecule has 3 amide bonds. The topological polar surface area (TPSA) is 122 Å². The molecule has 1 aromatic heterocycles. The molecule has 3 rings (SSSR count). The maximum Gasteiger partial charge on any atom is 0.417 e. The first-order valence-electron chi connectivity index (χ1n) is 10.4. The van der Waals surface area contributed by atoms with E-state index in [4.69, 9.17) is 26.3 Å². The van der Waals surface area contributed by atoms with Crippen molar-refractivity contribution < 1.29 is 37.4 Å². The van der Waals surface area contributed by atoms with Gasteiger partial charge in [0.25, 0.3) is 0 Å². The number of halogens is 4. The quantitative estimate of drug-likeness (QED) is 0.158. The smallest absolute Gasteiger partial charge is 0.417 e. The summed E-state index contributed by atoms with van der Waals surface area (Å²) in [6.45, 7) is 0.208. The number of carbonyl (C=O) groups excluding carboxylic acids is 2. The molecular weight excluding hydrogens is 505 g/mol. The number of hydrogen-bond donors (Lipinski definition) is 4. The lowest BCUT2D eigenvalue weighted by Crippen LogP contribution is -2.19. The van der Waals surface area contributed by atoms with Gasteiger partial charge in [-0.05, 0) is 55.0 Å². The van der Waals surface area contributed by atoms with E-state index in [-0.39, 0.29) is 24.6 Å². The lowest BCUT2D eigenvalue weighted by atomic mass is 10.2. The van der Waals surface area contributed by atoms with Crippen LogP contribution in [0.25, 0.3) is 0 Å². The fourth-order valence-electron chi connectivity index (χ4n) is 2.86. The van der Waals surface area contributed by atoms with E-state index in [2.05, 4.69) is 15.6 Å². The standard InChI is InChI=1S/C23H20ClF3N4O5/c24-19-8-5-15(12-18(19)23(25,26)27)30-22(33)29-14-3-6-16(7-4-14)36-17-9-10-28-21(13-17)35-11-1-2-20(32)31-34/h3-10,12-13,34H,1-2,11H2,(H,31,32)(H2,29,30,33). The number of carbonyl (C=O) groups is 2. The van der Waals surface area contributed by atoms with Crippen LogP contribution in [0.5, 0.6) is 17.4 Å². The van der Waals surface area contributed by atoms with Crippen molar-refractivity contribution in [1.29, 1.82) is 0 Å². The number of amides is 3. The van der Waals surface area contributed by atoms with Gasteiger partial charge in [0.2, 0.25) is 11.8 Å². The number of alkyl halides is 3. The molecule has 0 aliphatic heterocycles. The number of urea groups is 1. The first kappa shape index (κ1) is 26.6. The number of benzene rings is 2. The van der Waals surface area contributed by atoms with E-state index in [0.29, 0.717) is 23.6 Å². The summed E-state index contributed by atoms with van der Waals surface area (Å²) >= 11 is 5.58. The summed E-state index contributed by atoms with van der Waals surface area (Å²) in [6.07, 6.45) is -2.70. The van der Waals surface area contributed by atoms with Crippen molar-refractivity contribution in [3.05, 3.63) is 71.4 Å². The molecule has 0 aliphatic rings. The molecule has 1 heterocycles. The van der Waals surface area contributed by atoms with Crippen molar-refractivity contribution in [2.24, 2.45) is 0 Å². The van der Waals surface area contributed by atoms with E-state index in [1.807, 2.05) is 0 Å². The Balaban J connectivity index is 1.53. The third kappa shape index (κ3) is 8.03. The van der Waals surface area contributed by atoms with E-state index in [1.54, 1.807) is 36.4 Å². The molecule has 0 spiro atoms. The van der Waals surface area contributed by atoms with Gasteiger partial charge in [0, 0.05) is 30.1 Å². The minimum atomic E-state index is -4.65. The molecule has 13 heteroatoms. The van der Waals surface area contributed by atoms with Crippen molar-refractivity contribution in [2.75, 3.05) is 17.2 Å². The van der Waals surface area contributed by atoms with Gasteiger partial charge in [-0.1, -0.05) is 11.6 Å². The summed E-state index contributed by atoms with van der Waals surface area (Å²) < 4.78 is 50.1. The van der Waals surface area contributed by atoms with Crippen LogP contribution in [0, 0.1) is 0 Å². The fraction of sp³-hybridized carbons (Fsp3) is 0.174. The van der Waals surface area contributed by atoms with E-state index < -0.39 is 28.7 Å². The summed E-state index contributed by atoms with van der Waals surface area (Å²) in [7, 11) is 0. The van der Waals surface area contributed by atoms with Gasteiger partial charge >= 0.3 is 12.2 Å². The molecule has 0 fully saturated rings. The number of nitrogens with zero attached hydrogens (tertiary/aromatic N) is 1. The van der Waals surface area contributed by atoms with E-state index in [9.17, 15) is 22.8 Å². The highest BCUT2D eigenvalue weighted by molar-refractivity contribution is 6.31. The first-order chi connectivity index (χ1) is 17.1. The Morgan fingerprint density at radius 3 is 2.36 bits per heavy atom. The summed E-state index contributed by atoms with van der Waals surface area (Å²) in [5.74, 6) is 0.627. The Morgan fingerprint density at radius 2 is 1.67 bits per heavy atom. The second kappa shape index (κ2) is 12.1. The van der Waals surface area contributed by atoms with Crippen molar-refractivity contribution in [3.8, 4) is 17.4 Å². The highest BCUT2D eigenvalue weighted by Gasteiger charge is 2.33. The minimum Gasteiger partial charge on any atom is -0.478 e. The van der Waals surface area contributed by atoms with Crippen molar-refractivity contribution >= 4 is 34.9 Å². The number of anilines is 2. The summed E-state index contributed by atoms with van der Waals surface area (Å²) in [4.78, 5) is 27.2. The third-order valence-electron chi connectivity index (χ3n) is 4.51. The van der Waals surface area contributed by atoms with Gasteiger partial charge in [0.05, 0.1) is 17.2 Å². The van der Waals surface area contributed by atoms with E-state index in [0.717, 1.165) is 12.1 Å². The monoisotopic (exact) mass is 524 g/mol. The maximum atomic E-state index is 13.0. The Labute approximate surface area is 208 Å². The second-order valence-electron chi connectivity index (χ2n) is 7.21. The highest BCUT2D eigenvalue weighted by Crippen LogP contribution is 2.36. The Hall–Kier alpha value is -4.03. The molecule has 0 unspecified atom stereocenters. The second-order valence-corrected chi connectivity index (χ2v) is 7.62. The number of pyridine rings is 1. The van der Waals surface area contributed by atoms with Crippen molar-refractivity contribution in [3.63, 3.8) is 0 Å². The SMILES string of the molecule is O=C(CCCOc1cc(Oc2ccc(NC(=O)Nc3ccc(Cl)c(C(F)(F)F)c3)cc2)ccn1)NO. The number of hydroxylamine groups is 1. The van der Waals surface area contributed by atoms with Gasteiger partial charge in [-0.25, -0.2) is 15.3 Å². The van der Waals surface area contributed by atoms with Crippen LogP contribution in [0.4, 0.5) is 29.3 Å². The molecule has 0 bridgehead atoms. The average molecular weight is 525 g/mol. The molecule has 0 saturated carbocycles. The Kier molecular flexibility index (Phi) is 8.92. The van der Waals surface area contributed by atoms with Gasteiger partial charge in [-0.2, -0.15) is 13.2 Å². The lowest BCUT2D eigenvalue weighted by molar-refractivity contribution is -0.137. The number of aromatic nitrogens is 1. The maximum absolute atomic E-state index is 13.0. The number of ether oxygens (including phenoxy) is 2. The van der Waals surface area contributed by atoms with Crippen LogP contribution in [0.2, 0.25) is 5.02 Å². The van der Waals surface area contributed by atoms with E-state index >= 15 is 0 Å². The largest absolute Gasteiger partial charge is 0.478 e. The van der Waals surface area contributed by atoms with Crippen LogP contribution in [0.1, 0.15) is 18.4 Å². The summed E-state index contributed by atoms with van der Waals surface area (Å²) in [6, 6.07) is 11.7. The highest BCUT2D eigenvalue weighted by atomic mass is 35.5. The predicted octanol–water partition coefficient (Wildman–Crippen LogP) is 5.85. The average Bonchev–Trinajstić information content (AvgIpc) is 2.83. The molecule has 0 radical (unpaired) electrons. The summed E-state index contributed by atoms with van der Waals surface area (Å²) in [5.41, 5.74) is 0.780. The zero-order chi connectivity index (χ0) is 26.1. The predicted molar refractivity (Wildman–Crippen MR) is 125 cm³/mol. The third-order valence-corrected chi connectivity index (χ3v) is 4.84. The van der Waals surface area contributed by atoms with Crippen LogP contribution in [-0.2, 0) is 11.0 Å². The molecule has 9 nitrogen and oxygen atoms in total. The minimum absolute atomic E-state index is 0.0726. The zero-order valence-corrected chi connectivity index (χ0v) is 19.2. The van der Waals surface area contributed by atoms with Crippen molar-refractivity contribution in [2.45, 2.75) is 19.0 Å². The molecule has 2 aromatic carbocycles. The molecule has 0 aliphatic carbocycles. The van der Waals surface area contributed by atoms with Gasteiger partial charge in [0.1, 0.15) is 11.5 Å². The fourth-order valence-corrected chi connectivity index (χ4v) is 3.08. The van der Waals surface area contributed by atoms with Crippen LogP contribution in [0.3, 0.4) is 0 Å². The molecule has 0 atom stereocenters. The van der Waals surface area contributed by atoms with Crippen LogP contribution in [-0.4, -0.2) is 28.7 Å². The number of rotatable bonds is 9. The lowest BCUT2D eigenvalue weighted by Gasteiger charge is -2.12. The zero-order valence-electron chi connectivity index (χ0n) is 18.4. The van der Waals surface area contributed by atoms with Crippen LogP contribution >= 0.6 is 11.6 Å². The van der Waals surface area contributed by atoms with Gasteiger partial charge < -0.3 is 20.1 Å². The normalized spacial score (nSPS) is 10.9. The van der Waals surface area contributed by atoms with Crippen LogP contribution in [0.15, 0.2) is 60.8 Å². The van der Waals surface area contributed by atoms with Gasteiger partial charge in [0.15, 0.2) is 0 Å². The van der Waals surface area contributed by atoms with Crippen LogP contribution < -0.4 is 25.6 Å². The number of hydrogen-bond acceptors (Lipinski definition) is 6. The van der Waals surface area contributed by atoms with Crippen molar-refractivity contribution in [1.82, 2.24) is 10.5 Å². The number of nitrogens with one attached hydrogen (secondary N) is 3. The molecule has 4 N–H and O–H groups in total. The Bertz CT molecular complexity index is 1210. The van der Waals surface area contributed by atoms with Gasteiger partial charge in [-0.15, -0.1) is 0 Å². The molecule has 190 valence electrons. The molecule has 3 aromatic rings. The van der Waals surface area contributed by atoms with Gasteiger partial charge in [-0.3, -0.25) is 10.0 Å². The first-order valence-corrected chi connectivity index (χ1v) is 10.8.